The fourth-order valence-corrected chi connectivity index (χ4v) is 2.87. The van der Waals surface area contributed by atoms with Crippen molar-refractivity contribution in [2.75, 3.05) is 11.9 Å². The maximum Gasteiger partial charge on any atom is 0.278 e. The van der Waals surface area contributed by atoms with E-state index in [1.807, 2.05) is 30.3 Å². The lowest BCUT2D eigenvalue weighted by Gasteiger charge is -2.24. The van der Waals surface area contributed by atoms with Gasteiger partial charge in [0.15, 0.2) is 0 Å². The first kappa shape index (κ1) is 16.9. The molecule has 1 aromatic heterocycles. The molecule has 1 heterocycles. The first-order valence-electron chi connectivity index (χ1n) is 8.02. The molecule has 0 bridgehead atoms. The van der Waals surface area contributed by atoms with Gasteiger partial charge in [-0.15, -0.1) is 0 Å². The number of non-ortho nitro benzene ring substituents is 1. The third kappa shape index (κ3) is 3.59. The molecule has 0 amide bonds. The molecule has 2 aromatic carbocycles. The SMILES string of the molecule is CC(O)(CCNc1ccc([N+](=O)[O-])c2cnccc12)c1ccccc1. The summed E-state index contributed by atoms with van der Waals surface area (Å²) in [7, 11) is 0. The van der Waals surface area contributed by atoms with Gasteiger partial charge in [-0.1, -0.05) is 30.3 Å². The van der Waals surface area contributed by atoms with Crippen molar-refractivity contribution < 1.29 is 10.0 Å². The van der Waals surface area contributed by atoms with Crippen molar-refractivity contribution in [2.45, 2.75) is 18.9 Å². The van der Waals surface area contributed by atoms with E-state index in [4.69, 9.17) is 0 Å². The van der Waals surface area contributed by atoms with Crippen LogP contribution in [0.5, 0.6) is 0 Å². The highest BCUT2D eigenvalue weighted by molar-refractivity contribution is 5.99. The van der Waals surface area contributed by atoms with Gasteiger partial charge in [-0.25, -0.2) is 0 Å². The van der Waals surface area contributed by atoms with Gasteiger partial charge in [-0.3, -0.25) is 15.1 Å². The van der Waals surface area contributed by atoms with E-state index in [-0.39, 0.29) is 5.69 Å². The zero-order chi connectivity index (χ0) is 17.9. The highest BCUT2D eigenvalue weighted by Gasteiger charge is 2.22. The summed E-state index contributed by atoms with van der Waals surface area (Å²) in [5, 5.41) is 26.3. The van der Waals surface area contributed by atoms with Gasteiger partial charge in [0.05, 0.1) is 15.9 Å². The molecule has 3 rings (SSSR count). The zero-order valence-corrected chi connectivity index (χ0v) is 13.8. The van der Waals surface area contributed by atoms with Crippen molar-refractivity contribution in [3.63, 3.8) is 0 Å². The van der Waals surface area contributed by atoms with Crippen LogP contribution in [-0.4, -0.2) is 21.6 Å². The second kappa shape index (κ2) is 6.86. The lowest BCUT2D eigenvalue weighted by molar-refractivity contribution is -0.383. The summed E-state index contributed by atoms with van der Waals surface area (Å²) in [6.45, 7) is 2.30. The molecule has 6 nitrogen and oxygen atoms in total. The second-order valence-corrected chi connectivity index (χ2v) is 6.13. The van der Waals surface area contributed by atoms with E-state index in [2.05, 4.69) is 10.3 Å². The van der Waals surface area contributed by atoms with E-state index >= 15 is 0 Å². The highest BCUT2D eigenvalue weighted by atomic mass is 16.6. The van der Waals surface area contributed by atoms with Crippen LogP contribution in [0.3, 0.4) is 0 Å². The van der Waals surface area contributed by atoms with Crippen LogP contribution in [0.1, 0.15) is 18.9 Å². The average molecular weight is 337 g/mol. The number of nitro benzene ring substituents is 1. The lowest BCUT2D eigenvalue weighted by Crippen LogP contribution is -2.24. The van der Waals surface area contributed by atoms with Crippen LogP contribution >= 0.6 is 0 Å². The Balaban J connectivity index is 1.78. The van der Waals surface area contributed by atoms with Crippen molar-refractivity contribution in [3.05, 3.63) is 76.6 Å². The van der Waals surface area contributed by atoms with E-state index in [1.54, 1.807) is 25.3 Å². The minimum absolute atomic E-state index is 0.0323. The van der Waals surface area contributed by atoms with Crippen molar-refractivity contribution in [3.8, 4) is 0 Å². The summed E-state index contributed by atoms with van der Waals surface area (Å²) in [4.78, 5) is 14.7. The molecule has 128 valence electrons. The molecule has 0 saturated carbocycles. The van der Waals surface area contributed by atoms with Gasteiger partial charge in [-0.2, -0.15) is 0 Å². The van der Waals surface area contributed by atoms with Gasteiger partial charge < -0.3 is 10.4 Å². The fraction of sp³-hybridized carbons (Fsp3) is 0.211. The van der Waals surface area contributed by atoms with Crippen molar-refractivity contribution in [1.82, 2.24) is 4.98 Å². The summed E-state index contributed by atoms with van der Waals surface area (Å²) >= 11 is 0. The number of aliphatic hydroxyl groups is 1. The smallest absolute Gasteiger partial charge is 0.278 e. The van der Waals surface area contributed by atoms with Gasteiger partial charge in [0, 0.05) is 36.1 Å². The molecule has 1 unspecified atom stereocenters. The standard InChI is InChI=1S/C19H19N3O3/c1-19(23,14-5-3-2-4-6-14)10-12-21-17-7-8-18(22(24)25)16-13-20-11-9-15(16)17/h2-9,11,13,21,23H,10,12H2,1H3. The molecule has 0 saturated heterocycles. The Bertz CT molecular complexity index is 895. The Morgan fingerprint density at radius 1 is 1.16 bits per heavy atom. The molecule has 0 aliphatic heterocycles. The zero-order valence-electron chi connectivity index (χ0n) is 13.8. The molecule has 3 aromatic rings. The molecule has 0 fully saturated rings. The topological polar surface area (TPSA) is 88.3 Å². The number of rotatable bonds is 6. The van der Waals surface area contributed by atoms with Gasteiger partial charge >= 0.3 is 0 Å². The maximum atomic E-state index is 11.2. The number of anilines is 1. The van der Waals surface area contributed by atoms with Crippen molar-refractivity contribution >= 4 is 22.1 Å². The molecule has 0 aliphatic rings. The largest absolute Gasteiger partial charge is 0.385 e. The third-order valence-electron chi connectivity index (χ3n) is 4.31. The first-order chi connectivity index (χ1) is 12.0. The molecule has 2 N–H and O–H groups in total. The maximum absolute atomic E-state index is 11.2. The minimum atomic E-state index is -0.952. The number of benzene rings is 2. The van der Waals surface area contributed by atoms with Crippen LogP contribution in [0.15, 0.2) is 60.9 Å². The van der Waals surface area contributed by atoms with Crippen LogP contribution < -0.4 is 5.32 Å². The van der Waals surface area contributed by atoms with E-state index in [1.165, 1.54) is 12.3 Å². The Morgan fingerprint density at radius 2 is 1.92 bits per heavy atom. The number of nitro groups is 1. The van der Waals surface area contributed by atoms with Gasteiger partial charge in [0.2, 0.25) is 0 Å². The summed E-state index contributed by atoms with van der Waals surface area (Å²) in [6.07, 6.45) is 3.61. The summed E-state index contributed by atoms with van der Waals surface area (Å²) in [6, 6.07) is 14.4. The Morgan fingerprint density at radius 3 is 2.64 bits per heavy atom. The van der Waals surface area contributed by atoms with Gasteiger partial charge in [-0.05, 0) is 31.0 Å². The van der Waals surface area contributed by atoms with Gasteiger partial charge in [0.1, 0.15) is 0 Å². The van der Waals surface area contributed by atoms with Crippen LogP contribution in [-0.2, 0) is 5.60 Å². The van der Waals surface area contributed by atoms with Crippen molar-refractivity contribution in [2.24, 2.45) is 0 Å². The van der Waals surface area contributed by atoms with E-state index in [0.717, 1.165) is 16.6 Å². The predicted octanol–water partition coefficient (Wildman–Crippen LogP) is 3.85. The highest BCUT2D eigenvalue weighted by Crippen LogP contribution is 2.31. The van der Waals surface area contributed by atoms with E-state index in [9.17, 15) is 15.2 Å². The minimum Gasteiger partial charge on any atom is -0.385 e. The molecule has 0 spiro atoms. The molecule has 0 aliphatic carbocycles. The lowest BCUT2D eigenvalue weighted by atomic mass is 9.92. The number of pyridine rings is 1. The Labute approximate surface area is 145 Å². The summed E-state index contributed by atoms with van der Waals surface area (Å²) in [5.41, 5.74) is 0.721. The number of nitrogens with one attached hydrogen (secondary N) is 1. The first-order valence-corrected chi connectivity index (χ1v) is 8.02. The van der Waals surface area contributed by atoms with E-state index < -0.39 is 10.5 Å². The number of nitrogens with zero attached hydrogens (tertiary/aromatic N) is 2. The van der Waals surface area contributed by atoms with Crippen LogP contribution in [0.4, 0.5) is 11.4 Å². The monoisotopic (exact) mass is 337 g/mol. The van der Waals surface area contributed by atoms with Gasteiger partial charge in [0.25, 0.3) is 5.69 Å². The molecule has 0 radical (unpaired) electrons. The summed E-state index contributed by atoms with van der Waals surface area (Å²) in [5.74, 6) is 0. The number of hydrogen-bond donors (Lipinski definition) is 2. The molecule has 6 heteroatoms. The molecule has 1 atom stereocenters. The Kier molecular flexibility index (Phi) is 4.63. The fourth-order valence-electron chi connectivity index (χ4n) is 2.87. The molecule has 25 heavy (non-hydrogen) atoms. The van der Waals surface area contributed by atoms with E-state index in [0.29, 0.717) is 18.4 Å². The number of hydrogen-bond acceptors (Lipinski definition) is 5. The van der Waals surface area contributed by atoms with Crippen molar-refractivity contribution in [1.29, 1.82) is 0 Å². The normalized spacial score (nSPS) is 13.4. The predicted molar refractivity (Wildman–Crippen MR) is 97.5 cm³/mol. The Hall–Kier alpha value is -2.99. The van der Waals surface area contributed by atoms with Crippen LogP contribution in [0.25, 0.3) is 10.8 Å². The number of aromatic nitrogens is 1. The second-order valence-electron chi connectivity index (χ2n) is 6.13. The third-order valence-corrected chi connectivity index (χ3v) is 4.31. The molecular weight excluding hydrogens is 318 g/mol. The average Bonchev–Trinajstić information content (AvgIpc) is 2.62. The molecular formula is C19H19N3O3. The van der Waals surface area contributed by atoms with Crippen LogP contribution in [0.2, 0.25) is 0 Å². The quantitative estimate of drug-likeness (QED) is 0.527. The van der Waals surface area contributed by atoms with Crippen LogP contribution in [0, 0.1) is 10.1 Å². The number of fused-ring (bicyclic) bond motifs is 1. The summed E-state index contributed by atoms with van der Waals surface area (Å²) < 4.78 is 0.